The molecule has 4 rings (SSSR count). The molecule has 0 saturated heterocycles. The van der Waals surface area contributed by atoms with Gasteiger partial charge in [-0.2, -0.15) is 13.2 Å². The molecule has 2 heterocycles. The summed E-state index contributed by atoms with van der Waals surface area (Å²) in [6, 6.07) is 11.4. The van der Waals surface area contributed by atoms with E-state index in [0.29, 0.717) is 16.6 Å². The number of aliphatic carboxylic acids is 1. The SMILES string of the molecule is Cc1ccc(C(F)(F)F)c(-c2ccc(CC(NC(=O)c3c(Cl)cccc3Cl)C(=O)O)c3cccnc23)n1. The Balaban J connectivity index is 1.76. The maximum absolute atomic E-state index is 13.7. The first kappa shape index (κ1) is 26.4. The van der Waals surface area contributed by atoms with Crippen LogP contribution in [-0.4, -0.2) is 33.0 Å². The van der Waals surface area contributed by atoms with Crippen LogP contribution in [-0.2, 0) is 17.4 Å². The lowest BCUT2D eigenvalue weighted by Crippen LogP contribution is -2.42. The highest BCUT2D eigenvalue weighted by atomic mass is 35.5. The van der Waals surface area contributed by atoms with Crippen LogP contribution >= 0.6 is 23.2 Å². The van der Waals surface area contributed by atoms with E-state index in [1.54, 1.807) is 25.1 Å². The molecule has 2 N–H and O–H groups in total. The number of aryl methyl sites for hydroxylation is 1. The number of nitrogens with one attached hydrogen (secondary N) is 1. The number of carbonyl (C=O) groups is 2. The van der Waals surface area contributed by atoms with Gasteiger partial charge in [-0.05, 0) is 42.8 Å². The van der Waals surface area contributed by atoms with Gasteiger partial charge in [0, 0.05) is 29.3 Å². The Kier molecular flexibility index (Phi) is 7.38. The minimum absolute atomic E-state index is 0.0549. The fourth-order valence-electron chi connectivity index (χ4n) is 3.96. The Morgan fingerprint density at radius 1 is 1.03 bits per heavy atom. The average molecular weight is 548 g/mol. The minimum atomic E-state index is -4.64. The van der Waals surface area contributed by atoms with Gasteiger partial charge >= 0.3 is 12.1 Å². The van der Waals surface area contributed by atoms with Crippen molar-refractivity contribution < 1.29 is 27.9 Å². The van der Waals surface area contributed by atoms with E-state index in [-0.39, 0.29) is 38.8 Å². The zero-order valence-electron chi connectivity index (χ0n) is 19.1. The summed E-state index contributed by atoms with van der Waals surface area (Å²) in [5, 5.41) is 12.8. The molecule has 0 radical (unpaired) electrons. The molecular weight excluding hydrogens is 530 g/mol. The van der Waals surface area contributed by atoms with Crippen LogP contribution in [0.5, 0.6) is 0 Å². The number of benzene rings is 2. The Morgan fingerprint density at radius 2 is 1.73 bits per heavy atom. The van der Waals surface area contributed by atoms with Gasteiger partial charge < -0.3 is 10.4 Å². The zero-order valence-corrected chi connectivity index (χ0v) is 20.6. The molecule has 11 heteroatoms. The second-order valence-electron chi connectivity index (χ2n) is 8.18. The number of hydrogen-bond donors (Lipinski definition) is 2. The van der Waals surface area contributed by atoms with Crippen molar-refractivity contribution >= 4 is 46.0 Å². The first-order valence-electron chi connectivity index (χ1n) is 10.9. The molecule has 1 atom stereocenters. The highest BCUT2D eigenvalue weighted by Crippen LogP contribution is 2.39. The van der Waals surface area contributed by atoms with Crippen LogP contribution in [0.4, 0.5) is 13.2 Å². The Hall–Kier alpha value is -3.69. The number of pyridine rings is 2. The van der Waals surface area contributed by atoms with Crippen LogP contribution in [0, 0.1) is 6.92 Å². The number of nitrogens with zero attached hydrogens (tertiary/aromatic N) is 2. The Bertz CT molecular complexity index is 1510. The summed E-state index contributed by atoms with van der Waals surface area (Å²) in [4.78, 5) is 33.2. The third kappa shape index (κ3) is 5.52. The number of hydrogen-bond acceptors (Lipinski definition) is 4. The molecule has 190 valence electrons. The first-order chi connectivity index (χ1) is 17.5. The van der Waals surface area contributed by atoms with Crippen LogP contribution < -0.4 is 5.32 Å². The van der Waals surface area contributed by atoms with E-state index >= 15 is 0 Å². The summed E-state index contributed by atoms with van der Waals surface area (Å²) in [5.74, 6) is -2.10. The number of carboxylic acid groups (broad SMARTS) is 1. The first-order valence-corrected chi connectivity index (χ1v) is 11.6. The number of rotatable bonds is 6. The van der Waals surface area contributed by atoms with Gasteiger partial charge in [-0.1, -0.05) is 47.5 Å². The fraction of sp³-hybridized carbons (Fsp3) is 0.154. The number of fused-ring (bicyclic) bond motifs is 1. The van der Waals surface area contributed by atoms with Gasteiger partial charge in [0.2, 0.25) is 0 Å². The van der Waals surface area contributed by atoms with E-state index in [1.807, 2.05) is 0 Å². The molecule has 0 saturated carbocycles. The lowest BCUT2D eigenvalue weighted by Gasteiger charge is -2.18. The molecule has 4 aromatic rings. The van der Waals surface area contributed by atoms with Crippen molar-refractivity contribution in [2.75, 3.05) is 0 Å². The van der Waals surface area contributed by atoms with Crippen molar-refractivity contribution in [1.82, 2.24) is 15.3 Å². The second kappa shape index (κ2) is 10.4. The van der Waals surface area contributed by atoms with Gasteiger partial charge in [-0.15, -0.1) is 0 Å². The van der Waals surface area contributed by atoms with Gasteiger partial charge in [0.25, 0.3) is 5.91 Å². The predicted molar refractivity (Wildman–Crippen MR) is 134 cm³/mol. The number of alkyl halides is 3. The molecular formula is C26H18Cl2F3N3O3. The van der Waals surface area contributed by atoms with Gasteiger partial charge in [0.15, 0.2) is 0 Å². The van der Waals surface area contributed by atoms with Crippen molar-refractivity contribution in [2.24, 2.45) is 0 Å². The highest BCUT2D eigenvalue weighted by molar-refractivity contribution is 6.39. The van der Waals surface area contributed by atoms with Crippen molar-refractivity contribution in [2.45, 2.75) is 25.6 Å². The van der Waals surface area contributed by atoms with E-state index in [4.69, 9.17) is 23.2 Å². The molecule has 0 aliphatic rings. The van der Waals surface area contributed by atoms with Gasteiger partial charge in [-0.3, -0.25) is 14.8 Å². The molecule has 2 aromatic carbocycles. The van der Waals surface area contributed by atoms with Crippen LogP contribution in [0.15, 0.2) is 60.8 Å². The number of amides is 1. The van der Waals surface area contributed by atoms with E-state index in [0.717, 1.165) is 6.07 Å². The van der Waals surface area contributed by atoms with Crippen LogP contribution in [0.1, 0.15) is 27.2 Å². The molecule has 37 heavy (non-hydrogen) atoms. The third-order valence-corrected chi connectivity index (χ3v) is 6.30. The number of aromatic nitrogens is 2. The Labute approximate surface area is 219 Å². The van der Waals surface area contributed by atoms with Crippen LogP contribution in [0.25, 0.3) is 22.2 Å². The van der Waals surface area contributed by atoms with E-state index in [1.165, 1.54) is 36.5 Å². The summed E-state index contributed by atoms with van der Waals surface area (Å²) < 4.78 is 41.2. The van der Waals surface area contributed by atoms with Crippen molar-refractivity contribution in [1.29, 1.82) is 0 Å². The van der Waals surface area contributed by atoms with E-state index < -0.39 is 29.7 Å². The monoisotopic (exact) mass is 547 g/mol. The molecule has 0 aliphatic heterocycles. The summed E-state index contributed by atoms with van der Waals surface area (Å²) in [6.07, 6.45) is -3.40. The smallest absolute Gasteiger partial charge is 0.418 e. The van der Waals surface area contributed by atoms with Gasteiger partial charge in [0.1, 0.15) is 6.04 Å². The fourth-order valence-corrected chi connectivity index (χ4v) is 4.53. The lowest BCUT2D eigenvalue weighted by molar-refractivity contribution is -0.139. The van der Waals surface area contributed by atoms with Crippen LogP contribution in [0.3, 0.4) is 0 Å². The zero-order chi connectivity index (χ0) is 26.9. The summed E-state index contributed by atoms with van der Waals surface area (Å²) >= 11 is 12.1. The molecule has 1 unspecified atom stereocenters. The summed E-state index contributed by atoms with van der Waals surface area (Å²) in [5.41, 5.74) is -0.0511. The van der Waals surface area contributed by atoms with Crippen molar-refractivity contribution in [3.63, 3.8) is 0 Å². The normalized spacial score (nSPS) is 12.4. The van der Waals surface area contributed by atoms with Crippen molar-refractivity contribution in [3.8, 4) is 11.3 Å². The summed E-state index contributed by atoms with van der Waals surface area (Å²) in [6.45, 7) is 1.58. The molecule has 6 nitrogen and oxygen atoms in total. The summed E-state index contributed by atoms with van der Waals surface area (Å²) in [7, 11) is 0. The third-order valence-electron chi connectivity index (χ3n) is 5.67. The molecule has 0 fully saturated rings. The highest BCUT2D eigenvalue weighted by Gasteiger charge is 2.35. The number of carboxylic acids is 1. The Morgan fingerprint density at radius 3 is 2.38 bits per heavy atom. The van der Waals surface area contributed by atoms with E-state index in [2.05, 4.69) is 15.3 Å². The molecule has 1 amide bonds. The molecule has 0 aliphatic carbocycles. The quantitative estimate of drug-likeness (QED) is 0.293. The topological polar surface area (TPSA) is 92.2 Å². The maximum atomic E-state index is 13.7. The lowest BCUT2D eigenvalue weighted by atomic mass is 9.95. The standard InChI is InChI=1S/C26H18Cl2F3N3O3/c1-13-7-10-17(26(29,30)31)23(33-13)16-9-8-14(15-4-3-11-32-22(15)16)12-20(25(36)37)34-24(35)21-18(27)5-2-6-19(21)28/h2-11,20H,12H2,1H3,(H,34,35)(H,36,37). The van der Waals surface area contributed by atoms with Crippen molar-refractivity contribution in [3.05, 3.63) is 93.2 Å². The van der Waals surface area contributed by atoms with Gasteiger partial charge in [-0.25, -0.2) is 4.79 Å². The molecule has 0 spiro atoms. The predicted octanol–water partition coefficient (Wildman–Crippen LogP) is 6.36. The second-order valence-corrected chi connectivity index (χ2v) is 9.00. The maximum Gasteiger partial charge on any atom is 0.418 e. The largest absolute Gasteiger partial charge is 0.480 e. The molecule has 0 bridgehead atoms. The number of carbonyl (C=O) groups excluding carboxylic acids is 1. The molecule has 2 aromatic heterocycles. The number of halogens is 5. The van der Waals surface area contributed by atoms with Crippen LogP contribution in [0.2, 0.25) is 10.0 Å². The average Bonchev–Trinajstić information content (AvgIpc) is 2.82. The minimum Gasteiger partial charge on any atom is -0.480 e. The van der Waals surface area contributed by atoms with E-state index in [9.17, 15) is 27.9 Å². The van der Waals surface area contributed by atoms with Gasteiger partial charge in [0.05, 0.1) is 32.4 Å².